The Morgan fingerprint density at radius 2 is 2.10 bits per heavy atom. The highest BCUT2D eigenvalue weighted by molar-refractivity contribution is 7.07. The molecule has 3 aromatic rings. The van der Waals surface area contributed by atoms with E-state index < -0.39 is 0 Å². The number of rotatable bonds is 5. The standard InChI is InChI=1S/C23H22N4O2S/c1-4-11-24-23-27(26-16(3)17-7-5-15(2)6-8-17)20(14-30-23)18-9-10-21-19(12-18)25-22(28)13-29-21/h4-10,12,14H,1,11,13H2,2-3H3,(H,25,28). The second-order valence-electron chi connectivity index (χ2n) is 6.94. The number of carbonyl (C=O) groups excluding carboxylic acids is 1. The lowest BCUT2D eigenvalue weighted by Gasteiger charge is -2.18. The number of hydrogen-bond acceptors (Lipinski definition) is 5. The van der Waals surface area contributed by atoms with Crippen molar-refractivity contribution in [2.45, 2.75) is 13.8 Å². The lowest BCUT2D eigenvalue weighted by molar-refractivity contribution is -0.118. The molecule has 4 rings (SSSR count). The van der Waals surface area contributed by atoms with Crippen molar-refractivity contribution in [3.63, 3.8) is 0 Å². The van der Waals surface area contributed by atoms with Crippen molar-refractivity contribution >= 4 is 28.6 Å². The fraction of sp³-hybridized carbons (Fsp3) is 0.174. The van der Waals surface area contributed by atoms with Gasteiger partial charge in [0, 0.05) is 10.9 Å². The average molecular weight is 419 g/mol. The summed E-state index contributed by atoms with van der Waals surface area (Å²) < 4.78 is 7.32. The Bertz CT molecular complexity index is 1200. The molecule has 1 aliphatic rings. The lowest BCUT2D eigenvalue weighted by atomic mass is 10.1. The normalized spacial score (nSPS) is 14.1. The molecule has 1 aliphatic heterocycles. The molecule has 0 fully saturated rings. The molecule has 2 aromatic carbocycles. The summed E-state index contributed by atoms with van der Waals surface area (Å²) in [5.74, 6) is 0.504. The van der Waals surface area contributed by atoms with E-state index in [4.69, 9.17) is 9.84 Å². The molecule has 1 N–H and O–H groups in total. The van der Waals surface area contributed by atoms with E-state index in [-0.39, 0.29) is 12.5 Å². The maximum Gasteiger partial charge on any atom is 0.262 e. The molecule has 6 nitrogen and oxygen atoms in total. The van der Waals surface area contributed by atoms with E-state index in [9.17, 15) is 4.79 Å². The highest BCUT2D eigenvalue weighted by atomic mass is 32.1. The molecule has 0 saturated heterocycles. The minimum absolute atomic E-state index is 0.0371. The van der Waals surface area contributed by atoms with Crippen molar-refractivity contribution in [2.75, 3.05) is 18.5 Å². The molecule has 0 spiro atoms. The zero-order valence-electron chi connectivity index (χ0n) is 16.9. The molecule has 1 aromatic heterocycles. The number of nitrogens with zero attached hydrogens (tertiary/aromatic N) is 3. The molecular formula is C23H22N4O2S. The topological polar surface area (TPSA) is 68.0 Å². The van der Waals surface area contributed by atoms with E-state index >= 15 is 0 Å². The van der Waals surface area contributed by atoms with Crippen LogP contribution in [0.2, 0.25) is 0 Å². The van der Waals surface area contributed by atoms with Crippen LogP contribution in [0.5, 0.6) is 5.75 Å². The number of hydrogen-bond donors (Lipinski definition) is 1. The number of amides is 1. The number of carbonyl (C=O) groups is 1. The molecule has 2 heterocycles. The van der Waals surface area contributed by atoms with Gasteiger partial charge in [-0.2, -0.15) is 5.10 Å². The van der Waals surface area contributed by atoms with Crippen molar-refractivity contribution in [3.8, 4) is 17.0 Å². The van der Waals surface area contributed by atoms with Crippen molar-refractivity contribution < 1.29 is 9.53 Å². The number of nitrogens with one attached hydrogen (secondary N) is 1. The smallest absolute Gasteiger partial charge is 0.262 e. The largest absolute Gasteiger partial charge is 0.482 e. The molecule has 30 heavy (non-hydrogen) atoms. The van der Waals surface area contributed by atoms with Gasteiger partial charge in [0.05, 0.1) is 23.6 Å². The summed E-state index contributed by atoms with van der Waals surface area (Å²) in [6.07, 6.45) is 1.76. The van der Waals surface area contributed by atoms with Crippen LogP contribution >= 0.6 is 11.3 Å². The van der Waals surface area contributed by atoms with Gasteiger partial charge in [-0.05, 0) is 37.6 Å². The van der Waals surface area contributed by atoms with Gasteiger partial charge in [0.25, 0.3) is 5.91 Å². The van der Waals surface area contributed by atoms with Gasteiger partial charge in [0.15, 0.2) is 6.61 Å². The summed E-state index contributed by atoms with van der Waals surface area (Å²) in [6, 6.07) is 14.0. The second-order valence-corrected chi connectivity index (χ2v) is 7.78. The number of fused-ring (bicyclic) bond motifs is 1. The molecule has 0 bridgehead atoms. The first-order chi connectivity index (χ1) is 14.5. The van der Waals surface area contributed by atoms with E-state index in [0.717, 1.165) is 27.3 Å². The van der Waals surface area contributed by atoms with E-state index in [0.29, 0.717) is 18.0 Å². The zero-order valence-corrected chi connectivity index (χ0v) is 17.7. The van der Waals surface area contributed by atoms with Crippen LogP contribution in [0.3, 0.4) is 0 Å². The van der Waals surface area contributed by atoms with Crippen LogP contribution in [0.1, 0.15) is 18.1 Å². The maximum atomic E-state index is 11.7. The van der Waals surface area contributed by atoms with E-state index in [1.807, 2.05) is 35.2 Å². The molecule has 7 heteroatoms. The van der Waals surface area contributed by atoms with E-state index in [2.05, 4.69) is 48.1 Å². The Balaban J connectivity index is 1.82. The SMILES string of the molecule is C=CCN=c1scc(-c2ccc3c(c2)NC(=O)CO3)n1N=C(C)c1ccc(C)cc1. The van der Waals surface area contributed by atoms with Gasteiger partial charge >= 0.3 is 0 Å². The molecule has 0 atom stereocenters. The summed E-state index contributed by atoms with van der Waals surface area (Å²) in [5, 5.41) is 9.75. The van der Waals surface area contributed by atoms with Gasteiger partial charge in [-0.3, -0.25) is 9.79 Å². The van der Waals surface area contributed by atoms with Crippen LogP contribution < -0.4 is 14.9 Å². The first-order valence-corrected chi connectivity index (χ1v) is 10.4. The van der Waals surface area contributed by atoms with Crippen LogP contribution in [0.4, 0.5) is 5.69 Å². The van der Waals surface area contributed by atoms with Gasteiger partial charge in [-0.25, -0.2) is 4.68 Å². The Labute approximate surface area is 178 Å². The third kappa shape index (κ3) is 4.11. The minimum Gasteiger partial charge on any atom is -0.482 e. The number of ether oxygens (including phenoxy) is 1. The van der Waals surface area contributed by atoms with Crippen LogP contribution in [-0.4, -0.2) is 29.4 Å². The van der Waals surface area contributed by atoms with E-state index in [1.165, 1.54) is 16.9 Å². The molecular weight excluding hydrogens is 396 g/mol. The molecule has 0 unspecified atom stereocenters. The lowest BCUT2D eigenvalue weighted by Crippen LogP contribution is -2.25. The van der Waals surface area contributed by atoms with Gasteiger partial charge in [0.1, 0.15) is 5.75 Å². The molecule has 0 saturated carbocycles. The van der Waals surface area contributed by atoms with Crippen LogP contribution in [0, 0.1) is 6.92 Å². The van der Waals surface area contributed by atoms with Gasteiger partial charge in [-0.15, -0.1) is 17.9 Å². The van der Waals surface area contributed by atoms with Crippen LogP contribution in [-0.2, 0) is 4.79 Å². The fourth-order valence-corrected chi connectivity index (χ4v) is 3.93. The van der Waals surface area contributed by atoms with Gasteiger partial charge < -0.3 is 10.1 Å². The second kappa shape index (κ2) is 8.51. The van der Waals surface area contributed by atoms with Crippen LogP contribution in [0.25, 0.3) is 11.3 Å². The first-order valence-electron chi connectivity index (χ1n) is 9.57. The summed E-state index contributed by atoms with van der Waals surface area (Å²) >= 11 is 1.51. The van der Waals surface area contributed by atoms with Crippen molar-refractivity contribution in [1.29, 1.82) is 0 Å². The minimum atomic E-state index is -0.159. The quantitative estimate of drug-likeness (QED) is 0.498. The third-order valence-electron chi connectivity index (χ3n) is 4.67. The van der Waals surface area contributed by atoms with Crippen molar-refractivity contribution in [2.24, 2.45) is 10.1 Å². The van der Waals surface area contributed by atoms with Gasteiger partial charge in [-0.1, -0.05) is 35.9 Å². The number of aryl methyl sites for hydroxylation is 1. The maximum absolute atomic E-state index is 11.7. The fourth-order valence-electron chi connectivity index (χ4n) is 3.09. The summed E-state index contributed by atoms with van der Waals surface area (Å²) in [6.45, 7) is 8.34. The van der Waals surface area contributed by atoms with Crippen molar-refractivity contribution in [3.05, 3.63) is 76.4 Å². The summed E-state index contributed by atoms with van der Waals surface area (Å²) in [4.78, 5) is 17.1. The summed E-state index contributed by atoms with van der Waals surface area (Å²) in [5.41, 5.74) is 5.59. The Morgan fingerprint density at radius 1 is 1.30 bits per heavy atom. The number of thiazole rings is 1. The predicted octanol–water partition coefficient (Wildman–Crippen LogP) is 4.21. The van der Waals surface area contributed by atoms with Gasteiger partial charge in [0.2, 0.25) is 4.80 Å². The Hall–Kier alpha value is -3.45. The number of aromatic nitrogens is 1. The monoisotopic (exact) mass is 418 g/mol. The molecule has 1 amide bonds. The zero-order chi connectivity index (χ0) is 21.1. The number of benzene rings is 2. The average Bonchev–Trinajstić information content (AvgIpc) is 3.14. The summed E-state index contributed by atoms with van der Waals surface area (Å²) in [7, 11) is 0. The van der Waals surface area contributed by atoms with Crippen molar-refractivity contribution in [1.82, 2.24) is 4.68 Å². The molecule has 0 radical (unpaired) electrons. The Kier molecular flexibility index (Phi) is 5.63. The van der Waals surface area contributed by atoms with E-state index in [1.54, 1.807) is 6.08 Å². The Morgan fingerprint density at radius 3 is 2.87 bits per heavy atom. The highest BCUT2D eigenvalue weighted by Gasteiger charge is 2.18. The highest BCUT2D eigenvalue weighted by Crippen LogP contribution is 2.33. The molecule has 152 valence electrons. The third-order valence-corrected chi connectivity index (χ3v) is 5.52. The molecule has 0 aliphatic carbocycles. The van der Waals surface area contributed by atoms with Crippen LogP contribution in [0.15, 0.2) is 70.6 Å². The first kappa shape index (κ1) is 19.8. The predicted molar refractivity (Wildman–Crippen MR) is 121 cm³/mol. The number of anilines is 1.